The molecule has 146 valence electrons. The van der Waals surface area contributed by atoms with Crippen molar-refractivity contribution >= 4 is 28.6 Å². The number of thioether (sulfide) groups is 1. The molecule has 28 heavy (non-hydrogen) atoms. The lowest BCUT2D eigenvalue weighted by molar-refractivity contribution is -0.119. The average molecular weight is 399 g/mol. The second kappa shape index (κ2) is 8.80. The third-order valence-corrected chi connectivity index (χ3v) is 5.97. The van der Waals surface area contributed by atoms with E-state index in [9.17, 15) is 9.18 Å². The van der Waals surface area contributed by atoms with E-state index in [2.05, 4.69) is 28.2 Å². The zero-order valence-corrected chi connectivity index (χ0v) is 16.4. The molecule has 0 aliphatic carbocycles. The average Bonchev–Trinajstić information content (AvgIpc) is 3.35. The SMILES string of the molecule is O=C(CSc1cn(Cc2ccc(F)cc2)c2ccccc12)NC[C@@H]1CCCO1. The predicted octanol–water partition coefficient (Wildman–Crippen LogP) is 4.22. The zero-order chi connectivity index (χ0) is 19.3. The molecule has 0 spiro atoms. The van der Waals surface area contributed by atoms with E-state index in [0.717, 1.165) is 40.8 Å². The Kier molecular flexibility index (Phi) is 5.98. The summed E-state index contributed by atoms with van der Waals surface area (Å²) < 4.78 is 20.9. The van der Waals surface area contributed by atoms with E-state index in [1.165, 1.54) is 12.1 Å². The topological polar surface area (TPSA) is 43.3 Å². The summed E-state index contributed by atoms with van der Waals surface area (Å²) in [6.07, 6.45) is 4.32. The van der Waals surface area contributed by atoms with Crippen LogP contribution in [0.1, 0.15) is 18.4 Å². The van der Waals surface area contributed by atoms with E-state index >= 15 is 0 Å². The predicted molar refractivity (Wildman–Crippen MR) is 110 cm³/mol. The lowest BCUT2D eigenvalue weighted by Gasteiger charge is -2.10. The minimum absolute atomic E-state index is 0.0239. The Morgan fingerprint density at radius 1 is 1.21 bits per heavy atom. The first-order valence-corrected chi connectivity index (χ1v) is 10.5. The fourth-order valence-electron chi connectivity index (χ4n) is 3.47. The molecule has 2 aromatic carbocycles. The van der Waals surface area contributed by atoms with Gasteiger partial charge in [-0.3, -0.25) is 4.79 Å². The molecule has 0 saturated carbocycles. The first-order chi connectivity index (χ1) is 13.7. The number of nitrogens with one attached hydrogen (secondary N) is 1. The second-order valence-corrected chi connectivity index (χ2v) is 8.01. The Morgan fingerprint density at radius 3 is 2.82 bits per heavy atom. The van der Waals surface area contributed by atoms with Gasteiger partial charge in [0, 0.05) is 41.7 Å². The van der Waals surface area contributed by atoms with Crippen LogP contribution >= 0.6 is 11.8 Å². The molecule has 1 fully saturated rings. The monoisotopic (exact) mass is 398 g/mol. The smallest absolute Gasteiger partial charge is 0.230 e. The van der Waals surface area contributed by atoms with Crippen molar-refractivity contribution in [1.82, 2.24) is 9.88 Å². The number of carbonyl (C=O) groups is 1. The Balaban J connectivity index is 1.43. The highest BCUT2D eigenvalue weighted by molar-refractivity contribution is 8.00. The zero-order valence-electron chi connectivity index (χ0n) is 15.6. The van der Waals surface area contributed by atoms with E-state index in [4.69, 9.17) is 4.74 Å². The molecule has 1 N–H and O–H groups in total. The molecule has 1 amide bonds. The summed E-state index contributed by atoms with van der Waals surface area (Å²) in [5.41, 5.74) is 2.14. The van der Waals surface area contributed by atoms with E-state index in [1.807, 2.05) is 12.1 Å². The summed E-state index contributed by atoms with van der Waals surface area (Å²) in [4.78, 5) is 13.3. The molecule has 1 saturated heterocycles. The molecule has 3 aromatic rings. The van der Waals surface area contributed by atoms with Crippen molar-refractivity contribution in [3.05, 3.63) is 66.1 Å². The first-order valence-electron chi connectivity index (χ1n) is 9.52. The fourth-order valence-corrected chi connectivity index (χ4v) is 4.39. The molecule has 1 aliphatic rings. The normalized spacial score (nSPS) is 16.5. The van der Waals surface area contributed by atoms with Crippen molar-refractivity contribution < 1.29 is 13.9 Å². The van der Waals surface area contributed by atoms with Gasteiger partial charge in [-0.1, -0.05) is 30.3 Å². The molecular weight excluding hydrogens is 375 g/mol. The number of fused-ring (bicyclic) bond motifs is 1. The highest BCUT2D eigenvalue weighted by atomic mass is 32.2. The van der Waals surface area contributed by atoms with Crippen LogP contribution in [0.3, 0.4) is 0 Å². The van der Waals surface area contributed by atoms with E-state index in [1.54, 1.807) is 23.9 Å². The number of nitrogens with zero attached hydrogens (tertiary/aromatic N) is 1. The summed E-state index contributed by atoms with van der Waals surface area (Å²) in [5.74, 6) is 0.166. The molecule has 1 aliphatic heterocycles. The van der Waals surface area contributed by atoms with Gasteiger partial charge in [0.15, 0.2) is 0 Å². The number of carbonyl (C=O) groups excluding carboxylic acids is 1. The summed E-state index contributed by atoms with van der Waals surface area (Å²) in [5, 5.41) is 4.09. The van der Waals surface area contributed by atoms with Gasteiger partial charge in [0.1, 0.15) is 5.82 Å². The van der Waals surface area contributed by atoms with Crippen molar-refractivity contribution in [2.24, 2.45) is 0 Å². The number of para-hydroxylation sites is 1. The van der Waals surface area contributed by atoms with Crippen LogP contribution in [0.2, 0.25) is 0 Å². The number of hydrogen-bond acceptors (Lipinski definition) is 3. The quantitative estimate of drug-likeness (QED) is 0.606. The molecule has 0 bridgehead atoms. The van der Waals surface area contributed by atoms with Crippen LogP contribution in [0.15, 0.2) is 59.6 Å². The number of benzene rings is 2. The van der Waals surface area contributed by atoms with Crippen LogP contribution in [-0.2, 0) is 16.1 Å². The minimum Gasteiger partial charge on any atom is -0.376 e. The van der Waals surface area contributed by atoms with Gasteiger partial charge in [-0.15, -0.1) is 11.8 Å². The fraction of sp³-hybridized carbons (Fsp3) is 0.318. The van der Waals surface area contributed by atoms with Crippen LogP contribution < -0.4 is 5.32 Å². The Labute approximate surface area is 168 Å². The maximum absolute atomic E-state index is 13.2. The van der Waals surface area contributed by atoms with E-state index in [-0.39, 0.29) is 17.8 Å². The number of ether oxygens (including phenoxy) is 1. The van der Waals surface area contributed by atoms with Gasteiger partial charge in [-0.25, -0.2) is 4.39 Å². The molecular formula is C22H23FN2O2S. The lowest BCUT2D eigenvalue weighted by Crippen LogP contribution is -2.32. The first kappa shape index (κ1) is 19.0. The minimum atomic E-state index is -0.230. The summed E-state index contributed by atoms with van der Waals surface area (Å²) in [6.45, 7) is 2.04. The third kappa shape index (κ3) is 4.56. The van der Waals surface area contributed by atoms with Crippen LogP contribution in [0.4, 0.5) is 4.39 Å². The Bertz CT molecular complexity index is 949. The molecule has 2 heterocycles. The van der Waals surface area contributed by atoms with Crippen LogP contribution in [-0.4, -0.2) is 35.5 Å². The van der Waals surface area contributed by atoms with Gasteiger partial charge in [-0.05, 0) is 36.6 Å². The highest BCUT2D eigenvalue weighted by Gasteiger charge is 2.16. The van der Waals surface area contributed by atoms with E-state index < -0.39 is 0 Å². The maximum atomic E-state index is 13.2. The van der Waals surface area contributed by atoms with Gasteiger partial charge >= 0.3 is 0 Å². The van der Waals surface area contributed by atoms with Crippen molar-refractivity contribution in [2.75, 3.05) is 18.9 Å². The number of hydrogen-bond donors (Lipinski definition) is 1. The van der Waals surface area contributed by atoms with Crippen molar-refractivity contribution in [2.45, 2.75) is 30.4 Å². The van der Waals surface area contributed by atoms with Crippen molar-refractivity contribution in [3.63, 3.8) is 0 Å². The summed E-state index contributed by atoms with van der Waals surface area (Å²) in [6, 6.07) is 14.7. The van der Waals surface area contributed by atoms with Crippen LogP contribution in [0, 0.1) is 5.82 Å². The largest absolute Gasteiger partial charge is 0.376 e. The summed E-state index contributed by atoms with van der Waals surface area (Å²) in [7, 11) is 0. The molecule has 0 radical (unpaired) electrons. The number of halogens is 1. The Morgan fingerprint density at radius 2 is 2.04 bits per heavy atom. The number of amides is 1. The van der Waals surface area contributed by atoms with Gasteiger partial charge in [-0.2, -0.15) is 0 Å². The summed E-state index contributed by atoms with van der Waals surface area (Å²) >= 11 is 1.54. The van der Waals surface area contributed by atoms with Gasteiger partial charge in [0.25, 0.3) is 0 Å². The van der Waals surface area contributed by atoms with Gasteiger partial charge in [0.05, 0.1) is 11.9 Å². The Hall–Kier alpha value is -2.31. The molecule has 4 nitrogen and oxygen atoms in total. The molecule has 1 atom stereocenters. The third-order valence-electron chi connectivity index (χ3n) is 4.93. The van der Waals surface area contributed by atoms with Crippen molar-refractivity contribution in [3.8, 4) is 0 Å². The highest BCUT2D eigenvalue weighted by Crippen LogP contribution is 2.30. The van der Waals surface area contributed by atoms with Crippen LogP contribution in [0.5, 0.6) is 0 Å². The standard InChI is InChI=1S/C22H23FN2O2S/c23-17-9-7-16(8-10-17)13-25-14-21(19-5-1-2-6-20(19)25)28-15-22(26)24-12-18-4-3-11-27-18/h1-2,5-10,14,18H,3-4,11-13,15H2,(H,24,26)/t18-/m0/s1. The van der Waals surface area contributed by atoms with Gasteiger partial charge in [0.2, 0.25) is 5.91 Å². The number of rotatable bonds is 7. The van der Waals surface area contributed by atoms with Crippen LogP contribution in [0.25, 0.3) is 10.9 Å². The molecule has 0 unspecified atom stereocenters. The van der Waals surface area contributed by atoms with Gasteiger partial charge < -0.3 is 14.6 Å². The second-order valence-electron chi connectivity index (χ2n) is 6.99. The molecule has 6 heteroatoms. The maximum Gasteiger partial charge on any atom is 0.230 e. The van der Waals surface area contributed by atoms with E-state index in [0.29, 0.717) is 18.8 Å². The molecule has 4 rings (SSSR count). The van der Waals surface area contributed by atoms with Crippen molar-refractivity contribution in [1.29, 1.82) is 0 Å². The molecule has 1 aromatic heterocycles. The number of aromatic nitrogens is 1. The lowest BCUT2D eigenvalue weighted by atomic mass is 10.2.